The summed E-state index contributed by atoms with van der Waals surface area (Å²) in [5.74, 6) is 0.503. The molecule has 0 aromatic heterocycles. The number of rotatable bonds is 8. The normalized spacial score (nSPS) is 15.5. The van der Waals surface area contributed by atoms with E-state index in [1.54, 1.807) is 19.2 Å². The molecule has 0 amide bonds. The smallest absolute Gasteiger partial charge is 0.123 e. The van der Waals surface area contributed by atoms with Gasteiger partial charge >= 0.3 is 0 Å². The Morgan fingerprint density at radius 3 is 2.48 bits per heavy atom. The summed E-state index contributed by atoms with van der Waals surface area (Å²) < 4.78 is 18.5. The third-order valence-corrected chi connectivity index (χ3v) is 5.00. The summed E-state index contributed by atoms with van der Waals surface area (Å²) in [7, 11) is 5.64. The van der Waals surface area contributed by atoms with Gasteiger partial charge in [0.1, 0.15) is 11.6 Å². The molecule has 4 heteroatoms. The Morgan fingerprint density at radius 2 is 1.89 bits per heavy atom. The molecule has 146 valence electrons. The molecule has 0 bridgehead atoms. The zero-order valence-electron chi connectivity index (χ0n) is 16.9. The number of ether oxygens (including phenoxy) is 1. The number of halogens is 1. The second-order valence-electron chi connectivity index (χ2n) is 7.49. The summed E-state index contributed by atoms with van der Waals surface area (Å²) in [5.41, 5.74) is 1.70. The maximum atomic E-state index is 13.2. The van der Waals surface area contributed by atoms with Crippen molar-refractivity contribution in [1.29, 1.82) is 0 Å². The van der Waals surface area contributed by atoms with E-state index in [4.69, 9.17) is 4.74 Å². The molecule has 27 heavy (non-hydrogen) atoms. The highest BCUT2D eigenvalue weighted by Gasteiger charge is 2.36. The molecule has 0 aliphatic heterocycles. The van der Waals surface area contributed by atoms with Gasteiger partial charge in [-0.05, 0) is 62.0 Å². The lowest BCUT2D eigenvalue weighted by Crippen LogP contribution is -2.44. The van der Waals surface area contributed by atoms with Gasteiger partial charge in [-0.3, -0.25) is 0 Å². The van der Waals surface area contributed by atoms with Gasteiger partial charge in [0, 0.05) is 18.9 Å². The van der Waals surface area contributed by atoms with Crippen LogP contribution in [0.25, 0.3) is 6.08 Å². The highest BCUT2D eigenvalue weighted by molar-refractivity contribution is 5.55. The Hall–Kier alpha value is -2.17. The first-order valence-electron chi connectivity index (χ1n) is 9.19. The number of aliphatic hydroxyl groups is 1. The molecule has 0 heterocycles. The summed E-state index contributed by atoms with van der Waals surface area (Å²) >= 11 is 0. The van der Waals surface area contributed by atoms with Gasteiger partial charge in [-0.15, -0.1) is 0 Å². The van der Waals surface area contributed by atoms with Gasteiger partial charge in [-0.1, -0.05) is 37.3 Å². The SMILES string of the molecule is COc1cccc(CC(O)(/C(C)=C/c2ccc(F)cc2)C(C)CN(C)C)c1. The van der Waals surface area contributed by atoms with E-state index < -0.39 is 5.60 Å². The van der Waals surface area contributed by atoms with E-state index in [9.17, 15) is 9.50 Å². The molecule has 0 aliphatic carbocycles. The number of hydrogen-bond donors (Lipinski definition) is 1. The van der Waals surface area contributed by atoms with Gasteiger partial charge < -0.3 is 14.7 Å². The molecular formula is C23H30FNO2. The summed E-state index contributed by atoms with van der Waals surface area (Å²) in [5, 5.41) is 11.7. The van der Waals surface area contributed by atoms with Crippen molar-refractivity contribution < 1.29 is 14.2 Å². The zero-order valence-corrected chi connectivity index (χ0v) is 16.9. The highest BCUT2D eigenvalue weighted by atomic mass is 19.1. The van der Waals surface area contributed by atoms with E-state index in [1.807, 2.05) is 51.4 Å². The van der Waals surface area contributed by atoms with E-state index in [-0.39, 0.29) is 11.7 Å². The Labute approximate surface area is 162 Å². The number of hydrogen-bond acceptors (Lipinski definition) is 3. The van der Waals surface area contributed by atoms with Crippen LogP contribution < -0.4 is 4.74 Å². The van der Waals surface area contributed by atoms with Gasteiger partial charge in [0.05, 0.1) is 12.7 Å². The molecule has 0 spiro atoms. The first kappa shape index (κ1) is 21.1. The summed E-state index contributed by atoms with van der Waals surface area (Å²) in [6.07, 6.45) is 2.41. The van der Waals surface area contributed by atoms with Gasteiger partial charge in [0.15, 0.2) is 0 Å². The number of benzene rings is 2. The lowest BCUT2D eigenvalue weighted by Gasteiger charge is -2.37. The largest absolute Gasteiger partial charge is 0.497 e. The topological polar surface area (TPSA) is 32.7 Å². The van der Waals surface area contributed by atoms with Crippen LogP contribution in [-0.2, 0) is 6.42 Å². The lowest BCUT2D eigenvalue weighted by atomic mass is 9.77. The molecular weight excluding hydrogens is 341 g/mol. The summed E-state index contributed by atoms with van der Waals surface area (Å²) in [6, 6.07) is 14.1. The second-order valence-corrected chi connectivity index (χ2v) is 7.49. The molecule has 0 saturated carbocycles. The highest BCUT2D eigenvalue weighted by Crippen LogP contribution is 2.33. The molecule has 2 rings (SSSR count). The molecule has 0 fully saturated rings. The Morgan fingerprint density at radius 1 is 1.22 bits per heavy atom. The fourth-order valence-electron chi connectivity index (χ4n) is 3.43. The van der Waals surface area contributed by atoms with Crippen molar-refractivity contribution in [3.63, 3.8) is 0 Å². The van der Waals surface area contributed by atoms with E-state index in [1.165, 1.54) is 12.1 Å². The molecule has 0 saturated heterocycles. The van der Waals surface area contributed by atoms with Crippen LogP contribution in [-0.4, -0.2) is 43.4 Å². The zero-order chi connectivity index (χ0) is 20.0. The number of methoxy groups -OCH3 is 1. The van der Waals surface area contributed by atoms with E-state index in [0.29, 0.717) is 6.42 Å². The number of nitrogens with zero attached hydrogens (tertiary/aromatic N) is 1. The minimum Gasteiger partial charge on any atom is -0.497 e. The maximum absolute atomic E-state index is 13.2. The van der Waals surface area contributed by atoms with E-state index in [2.05, 4.69) is 11.8 Å². The molecule has 2 atom stereocenters. The van der Waals surface area contributed by atoms with E-state index in [0.717, 1.165) is 29.0 Å². The lowest BCUT2D eigenvalue weighted by molar-refractivity contribution is 0.0149. The molecule has 0 radical (unpaired) electrons. The van der Waals surface area contributed by atoms with Crippen LogP contribution in [0.2, 0.25) is 0 Å². The van der Waals surface area contributed by atoms with Crippen molar-refractivity contribution in [2.45, 2.75) is 25.9 Å². The minimum atomic E-state index is -1.04. The maximum Gasteiger partial charge on any atom is 0.123 e. The van der Waals surface area contributed by atoms with Crippen molar-refractivity contribution in [1.82, 2.24) is 4.90 Å². The van der Waals surface area contributed by atoms with Crippen molar-refractivity contribution >= 4 is 6.08 Å². The predicted molar refractivity (Wildman–Crippen MR) is 109 cm³/mol. The molecule has 1 N–H and O–H groups in total. The van der Waals surface area contributed by atoms with Crippen LogP contribution >= 0.6 is 0 Å². The predicted octanol–water partition coefficient (Wildman–Crippen LogP) is 4.41. The van der Waals surface area contributed by atoms with Crippen LogP contribution in [0.15, 0.2) is 54.1 Å². The first-order valence-corrected chi connectivity index (χ1v) is 9.19. The second kappa shape index (κ2) is 9.16. The monoisotopic (exact) mass is 371 g/mol. The van der Waals surface area contributed by atoms with Gasteiger partial charge in [0.2, 0.25) is 0 Å². The Bertz CT molecular complexity index is 770. The van der Waals surface area contributed by atoms with E-state index >= 15 is 0 Å². The quantitative estimate of drug-likeness (QED) is 0.746. The van der Waals surface area contributed by atoms with Crippen molar-refractivity contribution in [2.24, 2.45) is 5.92 Å². The standard InChI is InChI=1S/C23H30FNO2/c1-17(13-19-9-11-21(24)12-10-19)23(26,18(2)16-25(3)4)15-20-7-6-8-22(14-20)27-5/h6-14,18,26H,15-16H2,1-5H3/b17-13+. The van der Waals surface area contributed by atoms with Crippen molar-refractivity contribution in [3.8, 4) is 5.75 Å². The van der Waals surface area contributed by atoms with Gasteiger partial charge in [-0.2, -0.15) is 0 Å². The average Bonchev–Trinajstić information content (AvgIpc) is 2.63. The molecule has 2 aromatic carbocycles. The van der Waals surface area contributed by atoms with Gasteiger partial charge in [-0.25, -0.2) is 4.39 Å². The first-order chi connectivity index (χ1) is 12.7. The van der Waals surface area contributed by atoms with Crippen LogP contribution in [0.3, 0.4) is 0 Å². The third-order valence-electron chi connectivity index (χ3n) is 5.00. The third kappa shape index (κ3) is 5.65. The van der Waals surface area contributed by atoms with Crippen LogP contribution in [0.5, 0.6) is 5.75 Å². The average molecular weight is 371 g/mol. The minimum absolute atomic E-state index is 0.00426. The Kier molecular flexibility index (Phi) is 7.17. The fourth-order valence-corrected chi connectivity index (χ4v) is 3.43. The molecule has 2 aromatic rings. The molecule has 0 aliphatic rings. The molecule has 3 nitrogen and oxygen atoms in total. The summed E-state index contributed by atoms with van der Waals surface area (Å²) in [4.78, 5) is 2.08. The molecule has 2 unspecified atom stereocenters. The fraction of sp³-hybridized carbons (Fsp3) is 0.391. The van der Waals surface area contributed by atoms with Crippen LogP contribution in [0, 0.1) is 11.7 Å². The Balaban J connectivity index is 2.40. The van der Waals surface area contributed by atoms with Gasteiger partial charge in [0.25, 0.3) is 0 Å². The summed E-state index contributed by atoms with van der Waals surface area (Å²) in [6.45, 7) is 4.74. The van der Waals surface area contributed by atoms with Crippen molar-refractivity contribution in [3.05, 3.63) is 71.0 Å². The van der Waals surface area contributed by atoms with Crippen LogP contribution in [0.1, 0.15) is 25.0 Å². The van der Waals surface area contributed by atoms with Crippen molar-refractivity contribution in [2.75, 3.05) is 27.7 Å². The van der Waals surface area contributed by atoms with Crippen LogP contribution in [0.4, 0.5) is 4.39 Å².